The third-order valence-electron chi connectivity index (χ3n) is 3.38. The number of nitrogens with one attached hydrogen (secondary N) is 1. The Morgan fingerprint density at radius 1 is 1.68 bits per heavy atom. The Morgan fingerprint density at radius 3 is 3.16 bits per heavy atom. The average Bonchev–Trinajstić information content (AvgIpc) is 2.39. The van der Waals surface area contributed by atoms with Crippen LogP contribution >= 0.6 is 15.9 Å². The van der Waals surface area contributed by atoms with Crippen LogP contribution in [0.25, 0.3) is 0 Å². The molecule has 0 spiro atoms. The monoisotopic (exact) mass is 327 g/mol. The van der Waals surface area contributed by atoms with Gasteiger partial charge in [0.2, 0.25) is 0 Å². The van der Waals surface area contributed by atoms with Crippen LogP contribution in [-0.2, 0) is 0 Å². The Bertz CT molecular complexity index is 465. The van der Waals surface area contributed by atoms with Crippen molar-refractivity contribution in [3.8, 4) is 0 Å². The molecule has 0 radical (unpaired) electrons. The highest BCUT2D eigenvalue weighted by Crippen LogP contribution is 2.26. The summed E-state index contributed by atoms with van der Waals surface area (Å²) in [6.45, 7) is 2.68. The van der Waals surface area contributed by atoms with Crippen LogP contribution in [0.3, 0.4) is 0 Å². The summed E-state index contributed by atoms with van der Waals surface area (Å²) in [5, 5.41) is 12.5. The van der Waals surface area contributed by atoms with Gasteiger partial charge in [-0.05, 0) is 54.3 Å². The first-order chi connectivity index (χ1) is 9.11. The van der Waals surface area contributed by atoms with Crippen molar-refractivity contribution >= 4 is 27.7 Å². The second-order valence-corrected chi connectivity index (χ2v) is 5.76. The summed E-state index contributed by atoms with van der Waals surface area (Å²) in [6, 6.07) is 1.62. The molecule has 0 aromatic carbocycles. The van der Waals surface area contributed by atoms with Crippen molar-refractivity contribution in [1.29, 1.82) is 0 Å². The zero-order valence-corrected chi connectivity index (χ0v) is 12.5. The van der Waals surface area contributed by atoms with Gasteiger partial charge in [-0.15, -0.1) is 0 Å². The van der Waals surface area contributed by atoms with Gasteiger partial charge in [0, 0.05) is 23.8 Å². The van der Waals surface area contributed by atoms with Gasteiger partial charge in [0.1, 0.15) is 11.4 Å². The fraction of sp³-hybridized carbons (Fsp3) is 0.538. The highest BCUT2D eigenvalue weighted by Gasteiger charge is 2.24. The fourth-order valence-electron chi connectivity index (χ4n) is 2.55. The minimum Gasteiger partial charge on any atom is -0.478 e. The number of hydrogen-bond donors (Lipinski definition) is 2. The van der Waals surface area contributed by atoms with Crippen LogP contribution in [0.4, 0.5) is 5.82 Å². The molecule has 0 bridgehead atoms. The van der Waals surface area contributed by atoms with E-state index in [4.69, 9.17) is 0 Å². The lowest BCUT2D eigenvalue weighted by Crippen LogP contribution is -2.40. The lowest BCUT2D eigenvalue weighted by atomic mass is 9.97. The van der Waals surface area contributed by atoms with Crippen LogP contribution in [0.5, 0.6) is 0 Å². The van der Waals surface area contributed by atoms with Crippen molar-refractivity contribution in [1.82, 2.24) is 10.3 Å². The maximum atomic E-state index is 11.3. The Morgan fingerprint density at radius 2 is 2.47 bits per heavy atom. The van der Waals surface area contributed by atoms with Crippen LogP contribution in [0, 0.1) is 5.92 Å². The quantitative estimate of drug-likeness (QED) is 0.885. The molecule has 5 nitrogen and oxygen atoms in total. The van der Waals surface area contributed by atoms with Crippen LogP contribution < -0.4 is 10.2 Å². The van der Waals surface area contributed by atoms with Crippen molar-refractivity contribution in [2.75, 3.05) is 31.6 Å². The number of anilines is 1. The molecule has 1 aromatic rings. The van der Waals surface area contributed by atoms with Gasteiger partial charge in [0.25, 0.3) is 0 Å². The molecule has 1 saturated heterocycles. The van der Waals surface area contributed by atoms with Gasteiger partial charge < -0.3 is 15.3 Å². The maximum absolute atomic E-state index is 11.3. The summed E-state index contributed by atoms with van der Waals surface area (Å²) >= 11 is 3.27. The van der Waals surface area contributed by atoms with E-state index < -0.39 is 5.97 Å². The number of pyridine rings is 1. The molecule has 2 heterocycles. The molecule has 2 N–H and O–H groups in total. The lowest BCUT2D eigenvalue weighted by molar-refractivity contribution is 0.0697. The molecule has 1 unspecified atom stereocenters. The van der Waals surface area contributed by atoms with E-state index >= 15 is 0 Å². The Balaban J connectivity index is 2.23. The highest BCUT2D eigenvalue weighted by molar-refractivity contribution is 9.10. The van der Waals surface area contributed by atoms with E-state index in [2.05, 4.69) is 31.1 Å². The van der Waals surface area contributed by atoms with Crippen molar-refractivity contribution in [3.63, 3.8) is 0 Å². The summed E-state index contributed by atoms with van der Waals surface area (Å²) in [7, 11) is 1.94. The number of halogens is 1. The van der Waals surface area contributed by atoms with Gasteiger partial charge in [-0.2, -0.15) is 0 Å². The molecule has 1 aromatic heterocycles. The Labute approximate surface area is 121 Å². The van der Waals surface area contributed by atoms with E-state index in [9.17, 15) is 9.90 Å². The molecule has 2 rings (SSSR count). The molecule has 0 amide bonds. The average molecular weight is 328 g/mol. The van der Waals surface area contributed by atoms with Gasteiger partial charge in [-0.1, -0.05) is 0 Å². The summed E-state index contributed by atoms with van der Waals surface area (Å²) in [5.41, 5.74) is 0.263. The van der Waals surface area contributed by atoms with E-state index in [1.54, 1.807) is 12.3 Å². The van der Waals surface area contributed by atoms with E-state index in [1.165, 1.54) is 6.42 Å². The van der Waals surface area contributed by atoms with Gasteiger partial charge in [-0.3, -0.25) is 0 Å². The minimum absolute atomic E-state index is 0.263. The van der Waals surface area contributed by atoms with Crippen molar-refractivity contribution in [2.45, 2.75) is 12.8 Å². The SMILES string of the molecule is CNCC1CCCN(c2ncc(Br)cc2C(=O)O)C1. The third kappa shape index (κ3) is 3.45. The summed E-state index contributed by atoms with van der Waals surface area (Å²) < 4.78 is 0.692. The first-order valence-corrected chi connectivity index (χ1v) is 7.19. The predicted molar refractivity (Wildman–Crippen MR) is 77.8 cm³/mol. The molecular formula is C13H18BrN3O2. The van der Waals surface area contributed by atoms with E-state index in [0.717, 1.165) is 26.1 Å². The van der Waals surface area contributed by atoms with Crippen molar-refractivity contribution < 1.29 is 9.90 Å². The van der Waals surface area contributed by atoms with Crippen LogP contribution in [-0.4, -0.2) is 42.7 Å². The molecule has 0 aliphatic carbocycles. The van der Waals surface area contributed by atoms with Gasteiger partial charge in [0.15, 0.2) is 0 Å². The lowest BCUT2D eigenvalue weighted by Gasteiger charge is -2.34. The first kappa shape index (κ1) is 14.3. The first-order valence-electron chi connectivity index (χ1n) is 6.40. The summed E-state index contributed by atoms with van der Waals surface area (Å²) in [4.78, 5) is 17.7. The number of piperidine rings is 1. The standard InChI is InChI=1S/C13H18BrN3O2/c1-15-6-9-3-2-4-17(8-9)12-11(13(18)19)5-10(14)7-16-12/h5,7,9,15H,2-4,6,8H2,1H3,(H,18,19). The molecule has 1 atom stereocenters. The smallest absolute Gasteiger partial charge is 0.339 e. The third-order valence-corrected chi connectivity index (χ3v) is 3.81. The number of aromatic carboxylic acids is 1. The van der Waals surface area contributed by atoms with Gasteiger partial charge in [-0.25, -0.2) is 9.78 Å². The fourth-order valence-corrected chi connectivity index (χ4v) is 2.89. The van der Waals surface area contributed by atoms with Crippen LogP contribution in [0.15, 0.2) is 16.7 Å². The second kappa shape index (κ2) is 6.34. The Kier molecular flexibility index (Phi) is 4.76. The van der Waals surface area contributed by atoms with Gasteiger partial charge >= 0.3 is 5.97 Å². The zero-order valence-electron chi connectivity index (χ0n) is 10.9. The molecule has 1 fully saturated rings. The van der Waals surface area contributed by atoms with E-state index in [1.807, 2.05) is 7.05 Å². The van der Waals surface area contributed by atoms with E-state index in [-0.39, 0.29) is 5.56 Å². The molecule has 19 heavy (non-hydrogen) atoms. The number of nitrogens with zero attached hydrogens (tertiary/aromatic N) is 2. The molecular weight excluding hydrogens is 310 g/mol. The Hall–Kier alpha value is -1.14. The topological polar surface area (TPSA) is 65.5 Å². The van der Waals surface area contributed by atoms with Crippen molar-refractivity contribution in [2.24, 2.45) is 5.92 Å². The highest BCUT2D eigenvalue weighted by atomic mass is 79.9. The number of carboxylic acids is 1. The maximum Gasteiger partial charge on any atom is 0.339 e. The number of rotatable bonds is 4. The molecule has 104 valence electrons. The second-order valence-electron chi connectivity index (χ2n) is 4.84. The summed E-state index contributed by atoms with van der Waals surface area (Å²) in [5.74, 6) is 0.196. The molecule has 6 heteroatoms. The summed E-state index contributed by atoms with van der Waals surface area (Å²) in [6.07, 6.45) is 3.91. The number of carboxylic acid groups (broad SMARTS) is 1. The molecule has 1 aliphatic rings. The van der Waals surface area contributed by atoms with Crippen LogP contribution in [0.2, 0.25) is 0 Å². The van der Waals surface area contributed by atoms with E-state index in [0.29, 0.717) is 16.2 Å². The number of hydrogen-bond acceptors (Lipinski definition) is 4. The minimum atomic E-state index is -0.931. The number of aromatic nitrogens is 1. The predicted octanol–water partition coefficient (Wildman–Crippen LogP) is 1.98. The number of carbonyl (C=O) groups is 1. The molecule has 0 saturated carbocycles. The van der Waals surface area contributed by atoms with Crippen LogP contribution in [0.1, 0.15) is 23.2 Å². The normalized spacial score (nSPS) is 19.5. The molecule has 1 aliphatic heterocycles. The van der Waals surface area contributed by atoms with Gasteiger partial charge in [0.05, 0.1) is 0 Å². The van der Waals surface area contributed by atoms with Crippen molar-refractivity contribution in [3.05, 3.63) is 22.3 Å². The zero-order chi connectivity index (χ0) is 13.8. The largest absolute Gasteiger partial charge is 0.478 e.